The molecule has 5 rings (SSSR count). The smallest absolute Gasteiger partial charge is 0.153 e. The van der Waals surface area contributed by atoms with E-state index < -0.39 is 0 Å². The molecule has 5 aromatic rings. The van der Waals surface area contributed by atoms with Crippen LogP contribution in [0.4, 0.5) is 0 Å². The average Bonchev–Trinajstić information content (AvgIpc) is 3.28. The van der Waals surface area contributed by atoms with Crippen molar-refractivity contribution in [2.45, 2.75) is 46.0 Å². The summed E-state index contributed by atoms with van der Waals surface area (Å²) in [6.07, 6.45) is 3.29. The van der Waals surface area contributed by atoms with Crippen LogP contribution in [0.2, 0.25) is 0 Å². The van der Waals surface area contributed by atoms with Crippen LogP contribution in [-0.2, 0) is 11.8 Å². The van der Waals surface area contributed by atoms with Gasteiger partial charge in [0, 0.05) is 18.0 Å². The molecule has 5 heteroatoms. The van der Waals surface area contributed by atoms with Crippen LogP contribution in [0.1, 0.15) is 43.9 Å². The van der Waals surface area contributed by atoms with Crippen LogP contribution in [0.5, 0.6) is 5.75 Å². The summed E-state index contributed by atoms with van der Waals surface area (Å²) in [7, 11) is 0. The van der Waals surface area contributed by atoms with E-state index in [0.29, 0.717) is 12.2 Å². The number of hydrogen-bond acceptors (Lipinski definition) is 4. The second kappa shape index (κ2) is 8.99. The lowest BCUT2D eigenvalue weighted by Gasteiger charge is -2.21. The highest BCUT2D eigenvalue weighted by Crippen LogP contribution is 2.30. The number of pyridine rings is 1. The van der Waals surface area contributed by atoms with Crippen molar-refractivity contribution in [3.05, 3.63) is 102 Å². The van der Waals surface area contributed by atoms with Crippen molar-refractivity contribution in [2.75, 3.05) is 0 Å². The van der Waals surface area contributed by atoms with Gasteiger partial charge in [0.05, 0.1) is 11.4 Å². The molecule has 3 aromatic carbocycles. The summed E-state index contributed by atoms with van der Waals surface area (Å²) in [5.74, 6) is 1.46. The first kappa shape index (κ1) is 22.8. The highest BCUT2D eigenvalue weighted by molar-refractivity contribution is 5.87. The van der Waals surface area contributed by atoms with Crippen molar-refractivity contribution in [1.82, 2.24) is 20.0 Å². The summed E-state index contributed by atoms with van der Waals surface area (Å²) in [6.45, 7) is 12.9. The van der Waals surface area contributed by atoms with E-state index in [-0.39, 0.29) is 5.41 Å². The molecule has 176 valence electrons. The molecule has 35 heavy (non-hydrogen) atoms. The molecule has 0 saturated carbocycles. The van der Waals surface area contributed by atoms with E-state index in [1.165, 1.54) is 16.7 Å². The van der Waals surface area contributed by atoms with Crippen LogP contribution in [0.25, 0.3) is 27.6 Å². The molecule has 5 nitrogen and oxygen atoms in total. The molecule has 0 fully saturated rings. The number of benzene rings is 3. The van der Waals surface area contributed by atoms with Gasteiger partial charge in [0.25, 0.3) is 0 Å². The lowest BCUT2D eigenvalue weighted by atomic mass is 9.85. The highest BCUT2D eigenvalue weighted by atomic mass is 16.5. The highest BCUT2D eigenvalue weighted by Gasteiger charge is 2.17. The van der Waals surface area contributed by atoms with Gasteiger partial charge in [0.2, 0.25) is 0 Å². The Morgan fingerprint density at radius 1 is 0.943 bits per heavy atom. The second-order valence-corrected chi connectivity index (χ2v) is 10.0. The van der Waals surface area contributed by atoms with Gasteiger partial charge in [-0.05, 0) is 71.8 Å². The SMILES string of the molecule is C=C(CCc1cc(-n2nc3ccccc3n2)cc(C(C)(C)C)c1)Oc1ccc(C)c2cccnc12. The van der Waals surface area contributed by atoms with Gasteiger partial charge >= 0.3 is 0 Å². The molecular weight excluding hydrogens is 432 g/mol. The molecule has 2 heterocycles. The topological polar surface area (TPSA) is 52.8 Å². The Labute approximate surface area is 206 Å². The van der Waals surface area contributed by atoms with Gasteiger partial charge in [0.15, 0.2) is 5.75 Å². The van der Waals surface area contributed by atoms with Gasteiger partial charge in [0.1, 0.15) is 16.6 Å². The van der Waals surface area contributed by atoms with E-state index in [1.807, 2.05) is 36.4 Å². The summed E-state index contributed by atoms with van der Waals surface area (Å²) in [4.78, 5) is 6.27. The minimum absolute atomic E-state index is 0.00265. The second-order valence-electron chi connectivity index (χ2n) is 10.0. The van der Waals surface area contributed by atoms with Gasteiger partial charge in [-0.15, -0.1) is 10.2 Å². The van der Waals surface area contributed by atoms with Crippen LogP contribution >= 0.6 is 0 Å². The lowest BCUT2D eigenvalue weighted by Crippen LogP contribution is -2.13. The fraction of sp³-hybridized carbons (Fsp3) is 0.233. The molecule has 0 unspecified atom stereocenters. The van der Waals surface area contributed by atoms with E-state index in [0.717, 1.165) is 39.8 Å². The third-order valence-electron chi connectivity index (χ3n) is 6.26. The minimum Gasteiger partial charge on any atom is -0.460 e. The zero-order valence-electron chi connectivity index (χ0n) is 20.7. The molecule has 0 bridgehead atoms. The predicted octanol–water partition coefficient (Wildman–Crippen LogP) is 7.10. The molecule has 0 aliphatic rings. The number of fused-ring (bicyclic) bond motifs is 2. The van der Waals surface area contributed by atoms with Crippen LogP contribution in [0, 0.1) is 6.92 Å². The molecule has 0 atom stereocenters. The summed E-state index contributed by atoms with van der Waals surface area (Å²) in [5.41, 5.74) is 7.21. The van der Waals surface area contributed by atoms with Gasteiger partial charge in [-0.25, -0.2) is 0 Å². The van der Waals surface area contributed by atoms with Gasteiger partial charge in [-0.3, -0.25) is 4.98 Å². The first-order valence-electron chi connectivity index (χ1n) is 11.9. The molecule has 0 aliphatic carbocycles. The largest absolute Gasteiger partial charge is 0.460 e. The van der Waals surface area contributed by atoms with E-state index in [9.17, 15) is 0 Å². The predicted molar refractivity (Wildman–Crippen MR) is 142 cm³/mol. The monoisotopic (exact) mass is 462 g/mol. The standard InChI is InChI=1S/C30H30N4O/c1-20-12-15-28(29-25(20)9-8-16-31-29)35-21(2)13-14-22-17-23(30(3,4)5)19-24(18-22)34-32-26-10-6-7-11-27(26)33-34/h6-12,15-19H,2,13-14H2,1,3-5H3. The van der Waals surface area contributed by atoms with Crippen molar-refractivity contribution < 1.29 is 4.74 Å². The zero-order valence-corrected chi connectivity index (χ0v) is 20.7. The maximum absolute atomic E-state index is 6.17. The van der Waals surface area contributed by atoms with E-state index in [1.54, 1.807) is 11.0 Å². The Morgan fingerprint density at radius 3 is 2.40 bits per heavy atom. The van der Waals surface area contributed by atoms with E-state index in [4.69, 9.17) is 14.9 Å². The molecular formula is C30H30N4O. The Kier molecular flexibility index (Phi) is 5.85. The van der Waals surface area contributed by atoms with Gasteiger partial charge in [-0.1, -0.05) is 57.7 Å². The lowest BCUT2D eigenvalue weighted by molar-refractivity contribution is 0.409. The van der Waals surface area contributed by atoms with Crippen LogP contribution in [0.3, 0.4) is 0 Å². The molecule has 0 spiro atoms. The van der Waals surface area contributed by atoms with Crippen molar-refractivity contribution in [1.29, 1.82) is 0 Å². The Balaban J connectivity index is 1.39. The van der Waals surface area contributed by atoms with Crippen LogP contribution in [-0.4, -0.2) is 20.0 Å². The molecule has 0 aliphatic heterocycles. The molecule has 0 saturated heterocycles. The summed E-state index contributed by atoms with van der Waals surface area (Å²) in [5, 5.41) is 10.5. The molecule has 0 amide bonds. The number of allylic oxidation sites excluding steroid dienone is 1. The number of rotatable bonds is 6. The number of aromatic nitrogens is 4. The number of aryl methyl sites for hydroxylation is 2. The Morgan fingerprint density at radius 2 is 1.69 bits per heavy atom. The number of ether oxygens (including phenoxy) is 1. The maximum atomic E-state index is 6.17. The van der Waals surface area contributed by atoms with Crippen LogP contribution < -0.4 is 4.74 Å². The fourth-order valence-corrected chi connectivity index (χ4v) is 4.20. The molecule has 2 aromatic heterocycles. The van der Waals surface area contributed by atoms with Crippen LogP contribution in [0.15, 0.2) is 85.3 Å². The summed E-state index contributed by atoms with van der Waals surface area (Å²) >= 11 is 0. The average molecular weight is 463 g/mol. The van der Waals surface area contributed by atoms with Crippen molar-refractivity contribution >= 4 is 21.9 Å². The Bertz CT molecular complexity index is 1510. The van der Waals surface area contributed by atoms with Gasteiger partial charge in [-0.2, -0.15) is 4.80 Å². The number of hydrogen-bond donors (Lipinski definition) is 0. The normalized spacial score (nSPS) is 11.8. The van der Waals surface area contributed by atoms with E-state index >= 15 is 0 Å². The number of nitrogens with zero attached hydrogens (tertiary/aromatic N) is 4. The third-order valence-corrected chi connectivity index (χ3v) is 6.26. The van der Waals surface area contributed by atoms with E-state index in [2.05, 4.69) is 69.6 Å². The summed E-state index contributed by atoms with van der Waals surface area (Å²) in [6, 6.07) is 22.6. The minimum atomic E-state index is -0.00265. The van der Waals surface area contributed by atoms with Gasteiger partial charge < -0.3 is 4.74 Å². The van der Waals surface area contributed by atoms with Crippen molar-refractivity contribution in [3.8, 4) is 11.4 Å². The quantitative estimate of drug-likeness (QED) is 0.253. The first-order chi connectivity index (χ1) is 16.8. The third kappa shape index (κ3) is 4.80. The fourth-order valence-electron chi connectivity index (χ4n) is 4.20. The van der Waals surface area contributed by atoms with Crippen molar-refractivity contribution in [2.24, 2.45) is 0 Å². The Hall–Kier alpha value is -3.99. The maximum Gasteiger partial charge on any atom is 0.153 e. The molecule has 0 N–H and O–H groups in total. The first-order valence-corrected chi connectivity index (χ1v) is 11.9. The van der Waals surface area contributed by atoms with Crippen molar-refractivity contribution in [3.63, 3.8) is 0 Å². The summed E-state index contributed by atoms with van der Waals surface area (Å²) < 4.78 is 6.17. The molecule has 0 radical (unpaired) electrons. The zero-order chi connectivity index (χ0) is 24.6.